The van der Waals surface area contributed by atoms with Gasteiger partial charge in [0.1, 0.15) is 12.6 Å². The summed E-state index contributed by atoms with van der Waals surface area (Å²) in [4.78, 5) is 4.56. The van der Waals surface area contributed by atoms with E-state index in [0.717, 1.165) is 24.8 Å². The number of ether oxygens (including phenoxy) is 2. The van der Waals surface area contributed by atoms with Gasteiger partial charge in [-0.25, -0.2) is 8.42 Å². The average molecular weight is 379 g/mol. The van der Waals surface area contributed by atoms with Gasteiger partial charge >= 0.3 is 0 Å². The molecule has 1 fully saturated rings. The molecule has 1 aliphatic heterocycles. The van der Waals surface area contributed by atoms with E-state index in [4.69, 9.17) is 14.0 Å². The Morgan fingerprint density at radius 1 is 1.31 bits per heavy atom. The Morgan fingerprint density at radius 3 is 3.00 bits per heavy atom. The number of sulfonamides is 1. The second-order valence-corrected chi connectivity index (χ2v) is 8.36. The molecule has 1 aromatic carbocycles. The van der Waals surface area contributed by atoms with Crippen LogP contribution in [-0.2, 0) is 38.9 Å². The van der Waals surface area contributed by atoms with Crippen LogP contribution in [0.15, 0.2) is 27.6 Å². The van der Waals surface area contributed by atoms with Crippen LogP contribution in [0.25, 0.3) is 0 Å². The summed E-state index contributed by atoms with van der Waals surface area (Å²) in [6.45, 7) is 0.954. The molecular formula is C17H21N3O5S. The first kappa shape index (κ1) is 17.6. The molecule has 2 aromatic rings. The summed E-state index contributed by atoms with van der Waals surface area (Å²) in [6.07, 6.45) is 3.02. The third-order valence-electron chi connectivity index (χ3n) is 4.81. The molecule has 0 spiro atoms. The van der Waals surface area contributed by atoms with Gasteiger partial charge in [-0.15, -0.1) is 0 Å². The van der Waals surface area contributed by atoms with Crippen LogP contribution >= 0.6 is 0 Å². The molecule has 1 aliphatic carbocycles. The third kappa shape index (κ3) is 3.16. The Balaban J connectivity index is 1.66. The van der Waals surface area contributed by atoms with Gasteiger partial charge in [-0.05, 0) is 42.5 Å². The smallest absolute Gasteiger partial charge is 0.252 e. The van der Waals surface area contributed by atoms with Gasteiger partial charge in [0.15, 0.2) is 5.82 Å². The van der Waals surface area contributed by atoms with E-state index in [1.54, 1.807) is 12.1 Å². The van der Waals surface area contributed by atoms with Crippen LogP contribution in [0.3, 0.4) is 0 Å². The van der Waals surface area contributed by atoms with Gasteiger partial charge in [-0.1, -0.05) is 11.2 Å². The van der Waals surface area contributed by atoms with E-state index in [1.165, 1.54) is 17.0 Å². The molecular weight excluding hydrogens is 358 g/mol. The SMILES string of the molecule is COCc1nc([C@@H]2COCCN2S(=O)(=O)c2ccc3c(c2)CCC3)no1. The van der Waals surface area contributed by atoms with Crippen molar-refractivity contribution in [3.63, 3.8) is 0 Å². The van der Waals surface area contributed by atoms with E-state index < -0.39 is 16.1 Å². The summed E-state index contributed by atoms with van der Waals surface area (Å²) in [6, 6.07) is 4.81. The zero-order chi connectivity index (χ0) is 18.1. The number of morpholine rings is 1. The summed E-state index contributed by atoms with van der Waals surface area (Å²) in [5, 5.41) is 3.92. The highest BCUT2D eigenvalue weighted by molar-refractivity contribution is 7.89. The van der Waals surface area contributed by atoms with Crippen LogP contribution in [0.1, 0.15) is 35.3 Å². The lowest BCUT2D eigenvalue weighted by molar-refractivity contribution is 0.0282. The molecule has 4 rings (SSSR count). The number of rotatable bonds is 5. The van der Waals surface area contributed by atoms with Crippen molar-refractivity contribution in [1.29, 1.82) is 0 Å². The first-order valence-corrected chi connectivity index (χ1v) is 10.1. The topological polar surface area (TPSA) is 94.8 Å². The fraction of sp³-hybridized carbons (Fsp3) is 0.529. The maximum Gasteiger partial charge on any atom is 0.252 e. The van der Waals surface area contributed by atoms with Crippen molar-refractivity contribution < 1.29 is 22.4 Å². The maximum absolute atomic E-state index is 13.3. The fourth-order valence-electron chi connectivity index (χ4n) is 3.51. The minimum absolute atomic E-state index is 0.179. The van der Waals surface area contributed by atoms with E-state index in [1.807, 2.05) is 6.07 Å². The lowest BCUT2D eigenvalue weighted by Crippen LogP contribution is -2.43. The van der Waals surface area contributed by atoms with E-state index in [0.29, 0.717) is 23.2 Å². The second kappa shape index (κ2) is 7.07. The quantitative estimate of drug-likeness (QED) is 0.776. The Morgan fingerprint density at radius 2 is 2.15 bits per heavy atom. The van der Waals surface area contributed by atoms with Crippen molar-refractivity contribution in [2.45, 2.75) is 36.8 Å². The van der Waals surface area contributed by atoms with Gasteiger partial charge in [0.2, 0.25) is 10.0 Å². The Kier molecular flexibility index (Phi) is 4.78. The third-order valence-corrected chi connectivity index (χ3v) is 6.71. The van der Waals surface area contributed by atoms with Gasteiger partial charge in [0.05, 0.1) is 18.1 Å². The first-order chi connectivity index (χ1) is 12.6. The van der Waals surface area contributed by atoms with Crippen LogP contribution in [0.4, 0.5) is 0 Å². The zero-order valence-corrected chi connectivity index (χ0v) is 15.4. The van der Waals surface area contributed by atoms with Crippen LogP contribution < -0.4 is 0 Å². The summed E-state index contributed by atoms with van der Waals surface area (Å²) >= 11 is 0. The molecule has 1 aromatic heterocycles. The fourth-order valence-corrected chi connectivity index (χ4v) is 5.12. The molecule has 140 valence electrons. The summed E-state index contributed by atoms with van der Waals surface area (Å²) in [5.74, 6) is 0.601. The molecule has 1 saturated heterocycles. The van der Waals surface area contributed by atoms with Gasteiger partial charge in [0, 0.05) is 13.7 Å². The number of hydrogen-bond acceptors (Lipinski definition) is 7. The summed E-state index contributed by atoms with van der Waals surface area (Å²) in [7, 11) is -2.16. The van der Waals surface area contributed by atoms with Crippen LogP contribution in [0, 0.1) is 0 Å². The molecule has 0 bridgehead atoms. The highest BCUT2D eigenvalue weighted by Crippen LogP contribution is 2.31. The molecule has 2 heterocycles. The highest BCUT2D eigenvalue weighted by atomic mass is 32.2. The molecule has 1 atom stereocenters. The summed E-state index contributed by atoms with van der Waals surface area (Å²) in [5.41, 5.74) is 2.36. The van der Waals surface area contributed by atoms with Gasteiger partial charge in [0.25, 0.3) is 5.89 Å². The van der Waals surface area contributed by atoms with E-state index in [9.17, 15) is 8.42 Å². The number of fused-ring (bicyclic) bond motifs is 1. The van der Waals surface area contributed by atoms with Crippen LogP contribution in [0.2, 0.25) is 0 Å². The lowest BCUT2D eigenvalue weighted by atomic mass is 10.1. The van der Waals surface area contributed by atoms with Crippen LogP contribution in [-0.4, -0.2) is 49.7 Å². The molecule has 2 aliphatic rings. The molecule has 0 amide bonds. The van der Waals surface area contributed by atoms with Gasteiger partial charge in [-0.2, -0.15) is 9.29 Å². The Hall–Kier alpha value is -1.81. The van der Waals surface area contributed by atoms with Gasteiger partial charge in [-0.3, -0.25) is 0 Å². The molecule has 0 N–H and O–H groups in total. The molecule has 0 unspecified atom stereocenters. The number of benzene rings is 1. The number of aromatic nitrogens is 2. The minimum Gasteiger partial charge on any atom is -0.378 e. The zero-order valence-electron chi connectivity index (χ0n) is 14.6. The van der Waals surface area contributed by atoms with Crippen LogP contribution in [0.5, 0.6) is 0 Å². The Labute approximate surface area is 152 Å². The number of methoxy groups -OCH3 is 1. The normalized spacial score (nSPS) is 21.0. The van der Waals surface area contributed by atoms with Crippen molar-refractivity contribution in [2.75, 3.05) is 26.9 Å². The largest absolute Gasteiger partial charge is 0.378 e. The first-order valence-electron chi connectivity index (χ1n) is 8.62. The molecule has 0 radical (unpaired) electrons. The van der Waals surface area contributed by atoms with Crippen molar-refractivity contribution >= 4 is 10.0 Å². The monoisotopic (exact) mass is 379 g/mol. The maximum atomic E-state index is 13.3. The number of nitrogens with zero attached hydrogens (tertiary/aromatic N) is 3. The van der Waals surface area contributed by atoms with Crippen molar-refractivity contribution in [2.24, 2.45) is 0 Å². The predicted molar refractivity (Wildman–Crippen MR) is 90.9 cm³/mol. The molecule has 9 heteroatoms. The molecule has 8 nitrogen and oxygen atoms in total. The van der Waals surface area contributed by atoms with Crippen molar-refractivity contribution in [1.82, 2.24) is 14.4 Å². The highest BCUT2D eigenvalue weighted by Gasteiger charge is 2.38. The van der Waals surface area contributed by atoms with Gasteiger partial charge < -0.3 is 14.0 Å². The molecule has 26 heavy (non-hydrogen) atoms. The lowest BCUT2D eigenvalue weighted by Gasteiger charge is -2.32. The predicted octanol–water partition coefficient (Wildman–Crippen LogP) is 1.47. The van der Waals surface area contributed by atoms with E-state index in [-0.39, 0.29) is 19.8 Å². The summed E-state index contributed by atoms with van der Waals surface area (Å²) < 4.78 is 43.5. The number of hydrogen-bond donors (Lipinski definition) is 0. The minimum atomic E-state index is -3.68. The Bertz CT molecular complexity index is 896. The van der Waals surface area contributed by atoms with Crippen molar-refractivity contribution in [3.05, 3.63) is 41.0 Å². The van der Waals surface area contributed by atoms with E-state index in [2.05, 4.69) is 10.1 Å². The average Bonchev–Trinajstić information content (AvgIpc) is 3.30. The van der Waals surface area contributed by atoms with E-state index >= 15 is 0 Å². The standard InChI is InChI=1S/C17H21N3O5S/c1-23-11-16-18-17(19-25-16)15-10-24-8-7-20(15)26(21,22)14-6-5-12-3-2-4-13(12)9-14/h5-6,9,15H,2-4,7-8,10-11H2,1H3/t15-/m0/s1. The van der Waals surface area contributed by atoms with Crippen molar-refractivity contribution in [3.8, 4) is 0 Å². The molecule has 0 saturated carbocycles. The second-order valence-electron chi connectivity index (χ2n) is 6.47. The number of aryl methyl sites for hydroxylation is 2.